The van der Waals surface area contributed by atoms with Crippen molar-refractivity contribution in [2.75, 3.05) is 5.73 Å². The Morgan fingerprint density at radius 2 is 1.94 bits per heavy atom. The van der Waals surface area contributed by atoms with Gasteiger partial charge in [-0.2, -0.15) is 13.2 Å². The second kappa shape index (κ2) is 4.15. The second-order valence-electron chi connectivity index (χ2n) is 2.96. The van der Waals surface area contributed by atoms with Crippen LogP contribution < -0.4 is 5.73 Å². The molecule has 0 spiro atoms. The summed E-state index contributed by atoms with van der Waals surface area (Å²) in [6.45, 7) is 0. The standard InChI is InChI=1S/C8H5F5N2O2/c9-5(10)4-2(8(11,12)13)1-3(7(16)17)15-6(4)14/h1,5H,(H2,14,15)(H,16,17). The molecule has 0 aliphatic heterocycles. The SMILES string of the molecule is Nc1nc(C(=O)O)cc(C(F)(F)F)c1C(F)F. The molecule has 1 aromatic rings. The molecule has 0 radical (unpaired) electrons. The quantitative estimate of drug-likeness (QED) is 0.796. The monoisotopic (exact) mass is 256 g/mol. The van der Waals surface area contributed by atoms with Crippen LogP contribution in [0.2, 0.25) is 0 Å². The molecular weight excluding hydrogens is 251 g/mol. The summed E-state index contributed by atoms with van der Waals surface area (Å²) in [6.07, 6.45) is -8.63. The Bertz CT molecular complexity index is 458. The van der Waals surface area contributed by atoms with E-state index in [4.69, 9.17) is 10.8 Å². The van der Waals surface area contributed by atoms with Crippen molar-refractivity contribution in [1.82, 2.24) is 4.98 Å². The molecule has 1 aromatic heterocycles. The number of pyridine rings is 1. The van der Waals surface area contributed by atoms with Crippen LogP contribution in [0.5, 0.6) is 0 Å². The van der Waals surface area contributed by atoms with Gasteiger partial charge in [0.05, 0.1) is 11.1 Å². The summed E-state index contributed by atoms with van der Waals surface area (Å²) in [5, 5.41) is 8.46. The average molecular weight is 256 g/mol. The van der Waals surface area contributed by atoms with Gasteiger partial charge in [-0.3, -0.25) is 0 Å². The number of nitrogens with two attached hydrogens (primary N) is 1. The molecular formula is C8H5F5N2O2. The van der Waals surface area contributed by atoms with Crippen molar-refractivity contribution < 1.29 is 31.9 Å². The van der Waals surface area contributed by atoms with Gasteiger partial charge in [0.15, 0.2) is 5.69 Å². The number of aromatic carboxylic acids is 1. The van der Waals surface area contributed by atoms with E-state index in [2.05, 4.69) is 4.98 Å². The van der Waals surface area contributed by atoms with Crippen molar-refractivity contribution in [3.63, 3.8) is 0 Å². The van der Waals surface area contributed by atoms with Crippen molar-refractivity contribution in [2.45, 2.75) is 12.6 Å². The van der Waals surface area contributed by atoms with E-state index >= 15 is 0 Å². The maximum atomic E-state index is 12.4. The van der Waals surface area contributed by atoms with E-state index in [9.17, 15) is 26.7 Å². The van der Waals surface area contributed by atoms with Gasteiger partial charge < -0.3 is 10.8 Å². The summed E-state index contributed by atoms with van der Waals surface area (Å²) < 4.78 is 62.0. The van der Waals surface area contributed by atoms with Crippen LogP contribution in [0.1, 0.15) is 28.0 Å². The Morgan fingerprint density at radius 3 is 2.29 bits per heavy atom. The largest absolute Gasteiger partial charge is 0.477 e. The maximum Gasteiger partial charge on any atom is 0.417 e. The number of carbonyl (C=O) groups is 1. The van der Waals surface area contributed by atoms with Crippen LogP contribution in [0.25, 0.3) is 0 Å². The summed E-state index contributed by atoms with van der Waals surface area (Å²) in [7, 11) is 0. The molecule has 4 nitrogen and oxygen atoms in total. The van der Waals surface area contributed by atoms with Crippen LogP contribution in [0.3, 0.4) is 0 Å². The Hall–Kier alpha value is -1.93. The molecule has 1 rings (SSSR count). The van der Waals surface area contributed by atoms with Crippen molar-refractivity contribution in [3.8, 4) is 0 Å². The molecule has 0 aromatic carbocycles. The highest BCUT2D eigenvalue weighted by Gasteiger charge is 2.38. The van der Waals surface area contributed by atoms with Crippen molar-refractivity contribution in [2.24, 2.45) is 0 Å². The normalized spacial score (nSPS) is 11.9. The number of alkyl halides is 5. The van der Waals surface area contributed by atoms with Crippen LogP contribution in [0.4, 0.5) is 27.8 Å². The van der Waals surface area contributed by atoms with Gasteiger partial charge in [0.2, 0.25) is 0 Å². The Labute approximate surface area is 90.9 Å². The number of anilines is 1. The van der Waals surface area contributed by atoms with Gasteiger partial charge >= 0.3 is 12.1 Å². The fourth-order valence-corrected chi connectivity index (χ4v) is 1.15. The van der Waals surface area contributed by atoms with Gasteiger partial charge in [-0.05, 0) is 6.07 Å². The Kier molecular flexibility index (Phi) is 3.21. The summed E-state index contributed by atoms with van der Waals surface area (Å²) in [5.74, 6) is -2.93. The molecule has 0 atom stereocenters. The van der Waals surface area contributed by atoms with Crippen LogP contribution in [0, 0.1) is 0 Å². The molecule has 17 heavy (non-hydrogen) atoms. The molecule has 0 fully saturated rings. The predicted molar refractivity (Wildman–Crippen MR) is 45.6 cm³/mol. The molecule has 0 aliphatic carbocycles. The topological polar surface area (TPSA) is 76.2 Å². The van der Waals surface area contributed by atoms with Gasteiger partial charge in [-0.1, -0.05) is 0 Å². The van der Waals surface area contributed by atoms with E-state index in [1.54, 1.807) is 0 Å². The van der Waals surface area contributed by atoms with E-state index in [0.717, 1.165) is 0 Å². The maximum absolute atomic E-state index is 12.4. The van der Waals surface area contributed by atoms with E-state index in [-0.39, 0.29) is 6.07 Å². The zero-order valence-corrected chi connectivity index (χ0v) is 7.92. The Balaban J connectivity index is 3.57. The number of aromatic nitrogens is 1. The lowest BCUT2D eigenvalue weighted by Crippen LogP contribution is -2.16. The van der Waals surface area contributed by atoms with E-state index in [0.29, 0.717) is 0 Å². The first-order valence-corrected chi connectivity index (χ1v) is 4.03. The summed E-state index contributed by atoms with van der Waals surface area (Å²) in [4.78, 5) is 13.4. The number of halogens is 5. The molecule has 0 aliphatic rings. The van der Waals surface area contributed by atoms with E-state index < -0.39 is 41.2 Å². The number of hydrogen-bond donors (Lipinski definition) is 2. The minimum absolute atomic E-state index is 0.0280. The van der Waals surface area contributed by atoms with Crippen molar-refractivity contribution in [1.29, 1.82) is 0 Å². The van der Waals surface area contributed by atoms with Gasteiger partial charge in [0, 0.05) is 0 Å². The lowest BCUT2D eigenvalue weighted by Gasteiger charge is -2.14. The zero-order chi connectivity index (χ0) is 13.4. The molecule has 94 valence electrons. The van der Waals surface area contributed by atoms with Gasteiger partial charge in [0.25, 0.3) is 6.43 Å². The van der Waals surface area contributed by atoms with Gasteiger partial charge in [-0.25, -0.2) is 18.6 Å². The molecule has 9 heteroatoms. The van der Waals surface area contributed by atoms with Crippen LogP contribution in [-0.2, 0) is 6.18 Å². The molecule has 0 bridgehead atoms. The number of rotatable bonds is 2. The highest BCUT2D eigenvalue weighted by Crippen LogP contribution is 2.38. The van der Waals surface area contributed by atoms with Gasteiger partial charge in [0.1, 0.15) is 5.82 Å². The second-order valence-corrected chi connectivity index (χ2v) is 2.96. The third-order valence-corrected chi connectivity index (χ3v) is 1.83. The van der Waals surface area contributed by atoms with Crippen molar-refractivity contribution >= 4 is 11.8 Å². The highest BCUT2D eigenvalue weighted by molar-refractivity contribution is 5.86. The summed E-state index contributed by atoms with van der Waals surface area (Å²) in [6, 6.07) is 0.0280. The lowest BCUT2D eigenvalue weighted by atomic mass is 10.1. The predicted octanol–water partition coefficient (Wildman–Crippen LogP) is 2.32. The number of carboxylic acid groups (broad SMARTS) is 1. The molecule has 0 saturated heterocycles. The Morgan fingerprint density at radius 1 is 1.41 bits per heavy atom. The van der Waals surface area contributed by atoms with Crippen LogP contribution >= 0.6 is 0 Å². The highest BCUT2D eigenvalue weighted by atomic mass is 19.4. The summed E-state index contributed by atoms with van der Waals surface area (Å²) >= 11 is 0. The zero-order valence-electron chi connectivity index (χ0n) is 7.92. The third kappa shape index (κ3) is 2.60. The first-order valence-electron chi connectivity index (χ1n) is 4.03. The summed E-state index contributed by atoms with van der Waals surface area (Å²) in [5.41, 5.74) is 0.555. The minimum atomic E-state index is -5.13. The molecule has 0 saturated carbocycles. The van der Waals surface area contributed by atoms with Gasteiger partial charge in [-0.15, -0.1) is 0 Å². The molecule has 0 amide bonds. The molecule has 1 heterocycles. The van der Waals surface area contributed by atoms with Crippen LogP contribution in [0.15, 0.2) is 6.07 Å². The number of nitrogens with zero attached hydrogens (tertiary/aromatic N) is 1. The number of carboxylic acids is 1. The molecule has 0 unspecified atom stereocenters. The average Bonchev–Trinajstić information content (AvgIpc) is 2.14. The fraction of sp³-hybridized carbons (Fsp3) is 0.250. The fourth-order valence-electron chi connectivity index (χ4n) is 1.15. The van der Waals surface area contributed by atoms with E-state index in [1.807, 2.05) is 0 Å². The lowest BCUT2D eigenvalue weighted by molar-refractivity contribution is -0.139. The molecule has 3 N–H and O–H groups in total. The first kappa shape index (κ1) is 13.1. The minimum Gasteiger partial charge on any atom is -0.477 e. The smallest absolute Gasteiger partial charge is 0.417 e. The van der Waals surface area contributed by atoms with Crippen molar-refractivity contribution in [3.05, 3.63) is 22.9 Å². The first-order chi connectivity index (χ1) is 7.64. The van der Waals surface area contributed by atoms with Crippen LogP contribution in [-0.4, -0.2) is 16.1 Å². The number of hydrogen-bond acceptors (Lipinski definition) is 3. The number of nitrogen functional groups attached to an aromatic ring is 1. The van der Waals surface area contributed by atoms with E-state index in [1.165, 1.54) is 0 Å². The third-order valence-electron chi connectivity index (χ3n) is 1.83.